The molecule has 2 bridgehead atoms. The van der Waals surface area contributed by atoms with Gasteiger partial charge in [0.2, 0.25) is 0 Å². The number of nitrogen functional groups attached to an aromatic ring is 1. The maximum atomic E-state index is 6.01. The Morgan fingerprint density at radius 1 is 1.00 bits per heavy atom. The number of hydrogen-bond acceptors (Lipinski definition) is 4. The van der Waals surface area contributed by atoms with Crippen LogP contribution in [0.15, 0.2) is 30.3 Å². The third-order valence-corrected chi connectivity index (χ3v) is 4.70. The van der Waals surface area contributed by atoms with E-state index in [4.69, 9.17) is 10.7 Å². The number of benzene rings is 1. The highest BCUT2D eigenvalue weighted by atomic mass is 15.3. The minimum atomic E-state index is 0.653. The molecule has 5 rings (SSSR count). The summed E-state index contributed by atoms with van der Waals surface area (Å²) < 4.78 is 0. The second-order valence-electron chi connectivity index (χ2n) is 5.85. The van der Waals surface area contributed by atoms with Crippen LogP contribution in [0.4, 0.5) is 11.5 Å². The molecule has 0 atom stereocenters. The van der Waals surface area contributed by atoms with E-state index < -0.39 is 0 Å². The molecule has 3 fully saturated rings. The number of pyridine rings is 1. The zero-order valence-corrected chi connectivity index (χ0v) is 11.6. The summed E-state index contributed by atoms with van der Waals surface area (Å²) in [6, 6.07) is 10.9. The Morgan fingerprint density at radius 3 is 2.70 bits per heavy atom. The smallest absolute Gasteiger partial charge is 0.129 e. The summed E-state index contributed by atoms with van der Waals surface area (Å²) in [4.78, 5) is 9.91. The van der Waals surface area contributed by atoms with E-state index in [1.54, 1.807) is 0 Å². The van der Waals surface area contributed by atoms with Crippen LogP contribution in [0.25, 0.3) is 10.9 Å². The molecular weight excluding hydrogens is 248 g/mol. The summed E-state index contributed by atoms with van der Waals surface area (Å²) in [6.07, 6.45) is 2.52. The number of hydrogen-bond donors (Lipinski definition) is 1. The molecule has 1 aromatic carbocycles. The lowest BCUT2D eigenvalue weighted by Gasteiger charge is -2.32. The van der Waals surface area contributed by atoms with E-state index in [1.807, 2.05) is 18.2 Å². The molecule has 4 heteroatoms. The summed E-state index contributed by atoms with van der Waals surface area (Å²) in [5, 5.41) is 1.05. The van der Waals surface area contributed by atoms with Crippen molar-refractivity contribution in [3.05, 3.63) is 30.3 Å². The van der Waals surface area contributed by atoms with Gasteiger partial charge in [-0.25, -0.2) is 4.98 Å². The van der Waals surface area contributed by atoms with Crippen LogP contribution in [0.5, 0.6) is 0 Å². The second-order valence-corrected chi connectivity index (χ2v) is 5.85. The van der Waals surface area contributed by atoms with E-state index in [-0.39, 0.29) is 0 Å². The van der Waals surface area contributed by atoms with Crippen molar-refractivity contribution < 1.29 is 0 Å². The zero-order chi connectivity index (χ0) is 13.5. The van der Waals surface area contributed by atoms with Crippen molar-refractivity contribution in [1.82, 2.24) is 9.88 Å². The van der Waals surface area contributed by atoms with Crippen LogP contribution in [-0.4, -0.2) is 42.1 Å². The lowest BCUT2D eigenvalue weighted by atomic mass is 10.1. The van der Waals surface area contributed by atoms with Crippen LogP contribution in [0.1, 0.15) is 12.8 Å². The van der Waals surface area contributed by atoms with Crippen molar-refractivity contribution in [1.29, 1.82) is 0 Å². The third-order valence-electron chi connectivity index (χ3n) is 4.70. The van der Waals surface area contributed by atoms with Crippen LogP contribution in [0, 0.1) is 0 Å². The third kappa shape index (κ3) is 1.91. The van der Waals surface area contributed by atoms with Crippen molar-refractivity contribution in [3.8, 4) is 0 Å². The summed E-state index contributed by atoms with van der Waals surface area (Å²) in [7, 11) is 0. The van der Waals surface area contributed by atoms with E-state index in [1.165, 1.54) is 25.9 Å². The van der Waals surface area contributed by atoms with Crippen molar-refractivity contribution in [3.63, 3.8) is 0 Å². The minimum Gasteiger partial charge on any atom is -0.398 e. The number of nitrogens with zero attached hydrogens (tertiary/aromatic N) is 3. The Bertz CT molecular complexity index is 631. The first-order chi connectivity index (χ1) is 9.81. The molecule has 0 saturated carbocycles. The number of aromatic nitrogens is 1. The fourth-order valence-electron chi connectivity index (χ4n) is 3.52. The van der Waals surface area contributed by atoms with Crippen LogP contribution in [-0.2, 0) is 0 Å². The van der Waals surface area contributed by atoms with Gasteiger partial charge in [0.05, 0.1) is 5.52 Å². The van der Waals surface area contributed by atoms with Gasteiger partial charge in [-0.3, -0.25) is 0 Å². The molecule has 0 amide bonds. The van der Waals surface area contributed by atoms with E-state index in [0.717, 1.165) is 35.5 Å². The molecule has 0 unspecified atom stereocenters. The van der Waals surface area contributed by atoms with Gasteiger partial charge in [-0.15, -0.1) is 0 Å². The van der Waals surface area contributed by atoms with E-state index in [9.17, 15) is 0 Å². The van der Waals surface area contributed by atoms with Crippen LogP contribution in [0.2, 0.25) is 0 Å². The highest BCUT2D eigenvalue weighted by molar-refractivity contribution is 5.91. The molecule has 0 aliphatic carbocycles. The number of rotatable bonds is 1. The average Bonchev–Trinajstić information content (AvgIpc) is 2.81. The van der Waals surface area contributed by atoms with Gasteiger partial charge >= 0.3 is 0 Å². The van der Waals surface area contributed by atoms with Gasteiger partial charge < -0.3 is 15.5 Å². The molecule has 2 N–H and O–H groups in total. The molecule has 2 aromatic rings. The normalized spacial score (nSPS) is 25.9. The topological polar surface area (TPSA) is 45.4 Å². The van der Waals surface area contributed by atoms with Gasteiger partial charge in [0.25, 0.3) is 0 Å². The predicted octanol–water partition coefficient (Wildman–Crippen LogP) is 2.10. The molecule has 0 spiro atoms. The summed E-state index contributed by atoms with van der Waals surface area (Å²) >= 11 is 0. The van der Waals surface area contributed by atoms with Gasteiger partial charge in [-0.2, -0.15) is 0 Å². The van der Waals surface area contributed by atoms with E-state index in [0.29, 0.717) is 6.04 Å². The Labute approximate surface area is 119 Å². The Morgan fingerprint density at radius 2 is 1.85 bits per heavy atom. The molecule has 4 nitrogen and oxygen atoms in total. The molecule has 0 radical (unpaired) electrons. The summed E-state index contributed by atoms with van der Waals surface area (Å²) in [6.45, 7) is 4.72. The number of piperidine rings is 1. The van der Waals surface area contributed by atoms with Crippen molar-refractivity contribution in [2.24, 2.45) is 0 Å². The predicted molar refractivity (Wildman–Crippen MR) is 83.0 cm³/mol. The van der Waals surface area contributed by atoms with Gasteiger partial charge in [0.1, 0.15) is 5.82 Å². The molecule has 4 heterocycles. The molecule has 104 valence electrons. The minimum absolute atomic E-state index is 0.653. The molecule has 3 aliphatic heterocycles. The number of fused-ring (bicyclic) bond motifs is 5. The highest BCUT2D eigenvalue weighted by Gasteiger charge is 2.29. The molecule has 3 saturated heterocycles. The summed E-state index contributed by atoms with van der Waals surface area (Å²) in [5.74, 6) is 1.11. The van der Waals surface area contributed by atoms with Crippen LogP contribution < -0.4 is 10.6 Å². The van der Waals surface area contributed by atoms with Gasteiger partial charge in [-0.05, 0) is 37.1 Å². The van der Waals surface area contributed by atoms with Gasteiger partial charge in [-0.1, -0.05) is 6.07 Å². The first kappa shape index (κ1) is 12.0. The molecule has 1 aromatic heterocycles. The maximum Gasteiger partial charge on any atom is 0.129 e. The Hall–Kier alpha value is -1.81. The Balaban J connectivity index is 1.74. The quantitative estimate of drug-likeness (QED) is 0.805. The van der Waals surface area contributed by atoms with Crippen LogP contribution in [0.3, 0.4) is 0 Å². The first-order valence-corrected chi connectivity index (χ1v) is 7.45. The largest absolute Gasteiger partial charge is 0.398 e. The van der Waals surface area contributed by atoms with Gasteiger partial charge in [0, 0.05) is 43.3 Å². The fourth-order valence-corrected chi connectivity index (χ4v) is 3.52. The average molecular weight is 268 g/mol. The molecule has 3 aliphatic rings. The standard InChI is InChI=1S/C16H20N4/c17-14-2-1-3-15-13(14)4-5-16(18-15)20-11-10-19-8-6-12(20)7-9-19/h1-5,12H,6-11,17H2. The summed E-state index contributed by atoms with van der Waals surface area (Å²) in [5.41, 5.74) is 7.82. The van der Waals surface area contributed by atoms with Gasteiger partial charge in [0.15, 0.2) is 0 Å². The van der Waals surface area contributed by atoms with E-state index >= 15 is 0 Å². The zero-order valence-electron chi connectivity index (χ0n) is 11.6. The molecular formula is C16H20N4. The first-order valence-electron chi connectivity index (χ1n) is 7.45. The Kier molecular flexibility index (Phi) is 2.77. The van der Waals surface area contributed by atoms with Crippen molar-refractivity contribution >= 4 is 22.4 Å². The second kappa shape index (κ2) is 4.63. The lowest BCUT2D eigenvalue weighted by molar-refractivity contribution is 0.250. The molecule has 20 heavy (non-hydrogen) atoms. The number of nitrogens with two attached hydrogens (primary N) is 1. The van der Waals surface area contributed by atoms with Crippen molar-refractivity contribution in [2.75, 3.05) is 36.8 Å². The number of anilines is 2. The fraction of sp³-hybridized carbons (Fsp3) is 0.438. The van der Waals surface area contributed by atoms with Crippen molar-refractivity contribution in [2.45, 2.75) is 18.9 Å². The van der Waals surface area contributed by atoms with E-state index in [2.05, 4.69) is 21.9 Å². The maximum absolute atomic E-state index is 6.01. The van der Waals surface area contributed by atoms with Crippen LogP contribution >= 0.6 is 0 Å². The lowest BCUT2D eigenvalue weighted by Crippen LogP contribution is -2.38. The SMILES string of the molecule is Nc1cccc2nc(N3CCN4CCC3CC4)ccc12. The highest BCUT2D eigenvalue weighted by Crippen LogP contribution is 2.28. The monoisotopic (exact) mass is 268 g/mol.